The zero-order valence-electron chi connectivity index (χ0n) is 15.2. The molecule has 140 valence electrons. The molecule has 2 heterocycles. The number of nitrogens with zero attached hydrogens (tertiary/aromatic N) is 2. The number of nitrogens with two attached hydrogens (primary N) is 1. The van der Waals surface area contributed by atoms with E-state index >= 15 is 0 Å². The predicted octanol–water partition coefficient (Wildman–Crippen LogP) is 3.04. The van der Waals surface area contributed by atoms with Crippen molar-refractivity contribution in [1.82, 2.24) is 20.4 Å². The highest BCUT2D eigenvalue weighted by molar-refractivity contribution is 6.07. The first-order valence-corrected chi connectivity index (χ1v) is 8.62. The lowest BCUT2D eigenvalue weighted by atomic mass is 10.1. The van der Waals surface area contributed by atoms with Crippen LogP contribution in [0.15, 0.2) is 66.3 Å². The van der Waals surface area contributed by atoms with Crippen LogP contribution in [0.25, 0.3) is 21.9 Å². The van der Waals surface area contributed by atoms with Crippen molar-refractivity contribution in [1.29, 1.82) is 0 Å². The van der Waals surface area contributed by atoms with Crippen LogP contribution in [-0.2, 0) is 0 Å². The Kier molecular flexibility index (Phi) is 4.29. The van der Waals surface area contributed by atoms with Crippen LogP contribution in [0, 0.1) is 0 Å². The molecule has 0 aliphatic rings. The molecule has 2 aromatic carbocycles. The summed E-state index contributed by atoms with van der Waals surface area (Å²) in [7, 11) is 0. The van der Waals surface area contributed by atoms with E-state index in [9.17, 15) is 4.79 Å². The summed E-state index contributed by atoms with van der Waals surface area (Å²) in [4.78, 5) is 23.0. The number of imidazole rings is 1. The highest BCUT2D eigenvalue weighted by atomic mass is 16.1. The molecule has 0 spiro atoms. The summed E-state index contributed by atoms with van der Waals surface area (Å²) in [6.45, 7) is 5.41. The van der Waals surface area contributed by atoms with Crippen LogP contribution >= 0.6 is 0 Å². The molecule has 0 saturated heterocycles. The number of fused-ring (bicyclic) bond motifs is 2. The fraction of sp³-hybridized carbons (Fsp3) is 0.0500. The van der Waals surface area contributed by atoms with Crippen LogP contribution in [0.4, 0.5) is 5.69 Å². The summed E-state index contributed by atoms with van der Waals surface area (Å²) in [5.74, 6) is 0.0532. The third-order valence-corrected chi connectivity index (χ3v) is 4.33. The summed E-state index contributed by atoms with van der Waals surface area (Å²) in [6, 6.07) is 13.1. The van der Waals surface area contributed by atoms with Crippen molar-refractivity contribution in [2.75, 3.05) is 5.32 Å². The van der Waals surface area contributed by atoms with Crippen molar-refractivity contribution in [2.45, 2.75) is 6.92 Å². The van der Waals surface area contributed by atoms with Crippen molar-refractivity contribution in [3.05, 3.63) is 72.4 Å². The summed E-state index contributed by atoms with van der Waals surface area (Å²) >= 11 is 0. The second kappa shape index (κ2) is 6.92. The SMILES string of the molecule is C=C(N)N/N=C(/C)c1ccc2[nH]c(C(=O)Nc3ccc4nc[nH]c4c3)cc2c1. The molecule has 0 atom stereocenters. The Bertz CT molecular complexity index is 1230. The quantitative estimate of drug-likeness (QED) is 0.272. The molecular weight excluding hydrogens is 354 g/mol. The average Bonchev–Trinajstić information content (AvgIpc) is 3.31. The molecule has 8 heteroatoms. The number of aromatic amines is 2. The van der Waals surface area contributed by atoms with Gasteiger partial charge in [0.25, 0.3) is 5.91 Å². The lowest BCUT2D eigenvalue weighted by molar-refractivity contribution is 0.102. The number of hydrazone groups is 1. The molecule has 4 rings (SSSR count). The second-order valence-electron chi connectivity index (χ2n) is 6.41. The predicted molar refractivity (Wildman–Crippen MR) is 111 cm³/mol. The monoisotopic (exact) mass is 373 g/mol. The largest absolute Gasteiger partial charge is 0.385 e. The van der Waals surface area contributed by atoms with Crippen molar-refractivity contribution < 1.29 is 4.79 Å². The number of amides is 1. The van der Waals surface area contributed by atoms with Crippen LogP contribution in [0.2, 0.25) is 0 Å². The van der Waals surface area contributed by atoms with Gasteiger partial charge in [-0.2, -0.15) is 5.10 Å². The number of anilines is 1. The number of aromatic nitrogens is 3. The second-order valence-corrected chi connectivity index (χ2v) is 6.41. The maximum absolute atomic E-state index is 12.6. The van der Waals surface area contributed by atoms with Crippen LogP contribution in [0.5, 0.6) is 0 Å². The van der Waals surface area contributed by atoms with Gasteiger partial charge in [-0.1, -0.05) is 12.6 Å². The lowest BCUT2D eigenvalue weighted by Crippen LogP contribution is -2.14. The van der Waals surface area contributed by atoms with E-state index in [2.05, 4.69) is 37.4 Å². The first-order valence-electron chi connectivity index (χ1n) is 8.62. The van der Waals surface area contributed by atoms with Crippen LogP contribution in [0.1, 0.15) is 23.0 Å². The number of carbonyl (C=O) groups is 1. The molecule has 6 N–H and O–H groups in total. The van der Waals surface area contributed by atoms with Crippen molar-refractivity contribution >= 4 is 39.2 Å². The number of H-pyrrole nitrogens is 2. The molecule has 4 aromatic rings. The van der Waals surface area contributed by atoms with Gasteiger partial charge in [0.05, 0.1) is 23.1 Å². The van der Waals surface area contributed by atoms with Gasteiger partial charge < -0.3 is 21.0 Å². The minimum Gasteiger partial charge on any atom is -0.385 e. The van der Waals surface area contributed by atoms with E-state index in [4.69, 9.17) is 5.73 Å². The number of carbonyl (C=O) groups excluding carboxylic acids is 1. The molecule has 0 unspecified atom stereocenters. The molecule has 28 heavy (non-hydrogen) atoms. The Morgan fingerprint density at radius 3 is 2.86 bits per heavy atom. The Morgan fingerprint density at radius 1 is 1.18 bits per heavy atom. The van der Waals surface area contributed by atoms with E-state index in [0.29, 0.717) is 11.4 Å². The molecule has 2 aromatic heterocycles. The molecule has 0 bridgehead atoms. The molecule has 0 aliphatic heterocycles. The Hall–Kier alpha value is -4.07. The number of benzene rings is 2. The first-order chi connectivity index (χ1) is 13.5. The van der Waals surface area contributed by atoms with Gasteiger partial charge >= 0.3 is 0 Å². The summed E-state index contributed by atoms with van der Waals surface area (Å²) < 4.78 is 0. The minimum absolute atomic E-state index is 0.219. The van der Waals surface area contributed by atoms with E-state index in [1.54, 1.807) is 6.33 Å². The van der Waals surface area contributed by atoms with E-state index in [1.807, 2.05) is 49.4 Å². The number of nitrogens with one attached hydrogen (secondary N) is 4. The van der Waals surface area contributed by atoms with Gasteiger partial charge in [0.1, 0.15) is 11.5 Å². The van der Waals surface area contributed by atoms with E-state index in [1.165, 1.54) is 0 Å². The Labute approximate surface area is 160 Å². The molecule has 1 amide bonds. The van der Waals surface area contributed by atoms with E-state index < -0.39 is 0 Å². The highest BCUT2D eigenvalue weighted by Crippen LogP contribution is 2.20. The topological polar surface area (TPSA) is 124 Å². The van der Waals surface area contributed by atoms with Crippen LogP contribution in [0.3, 0.4) is 0 Å². The standard InChI is InChI=1S/C20H19N7O/c1-11(26-27-12(2)21)13-3-5-16-14(7-13)8-19(25-16)20(28)24-15-4-6-17-18(9-15)23-10-22-17/h3-10,25,27H,2,21H2,1H3,(H,22,23)(H,24,28)/b26-11-. The molecular formula is C20H19N7O. The number of hydrogen-bond acceptors (Lipinski definition) is 5. The maximum atomic E-state index is 12.6. The molecule has 0 fully saturated rings. The fourth-order valence-corrected chi connectivity index (χ4v) is 2.91. The number of hydrogen-bond donors (Lipinski definition) is 5. The maximum Gasteiger partial charge on any atom is 0.272 e. The molecule has 8 nitrogen and oxygen atoms in total. The Balaban J connectivity index is 1.57. The van der Waals surface area contributed by atoms with E-state index in [-0.39, 0.29) is 11.7 Å². The van der Waals surface area contributed by atoms with Gasteiger partial charge in [0.15, 0.2) is 0 Å². The highest BCUT2D eigenvalue weighted by Gasteiger charge is 2.11. The van der Waals surface area contributed by atoms with Crippen LogP contribution < -0.4 is 16.5 Å². The minimum atomic E-state index is -0.219. The van der Waals surface area contributed by atoms with Crippen molar-refractivity contribution in [3.63, 3.8) is 0 Å². The van der Waals surface area contributed by atoms with Gasteiger partial charge in [-0.3, -0.25) is 10.2 Å². The van der Waals surface area contributed by atoms with Crippen molar-refractivity contribution in [3.8, 4) is 0 Å². The summed E-state index contributed by atoms with van der Waals surface area (Å²) in [5, 5.41) is 7.97. The number of rotatable bonds is 5. The molecule has 0 saturated carbocycles. The third kappa shape index (κ3) is 3.43. The summed E-state index contributed by atoms with van der Waals surface area (Å²) in [6.07, 6.45) is 1.62. The summed E-state index contributed by atoms with van der Waals surface area (Å²) in [5.41, 5.74) is 13.5. The van der Waals surface area contributed by atoms with Gasteiger partial charge in [0, 0.05) is 16.6 Å². The fourth-order valence-electron chi connectivity index (χ4n) is 2.91. The molecule has 0 radical (unpaired) electrons. The van der Waals surface area contributed by atoms with Gasteiger partial charge in [-0.05, 0) is 48.9 Å². The smallest absolute Gasteiger partial charge is 0.272 e. The normalized spacial score (nSPS) is 11.7. The van der Waals surface area contributed by atoms with Gasteiger partial charge in [-0.25, -0.2) is 4.98 Å². The Morgan fingerprint density at radius 2 is 2.04 bits per heavy atom. The zero-order chi connectivity index (χ0) is 19.7. The van der Waals surface area contributed by atoms with E-state index in [0.717, 1.165) is 33.2 Å². The average molecular weight is 373 g/mol. The van der Waals surface area contributed by atoms with Crippen LogP contribution in [-0.4, -0.2) is 26.6 Å². The van der Waals surface area contributed by atoms with Gasteiger partial charge in [-0.15, -0.1) is 0 Å². The zero-order valence-corrected chi connectivity index (χ0v) is 15.2. The van der Waals surface area contributed by atoms with Crippen molar-refractivity contribution in [2.24, 2.45) is 10.8 Å². The van der Waals surface area contributed by atoms with Gasteiger partial charge in [0.2, 0.25) is 0 Å². The third-order valence-electron chi connectivity index (χ3n) is 4.33. The first kappa shape index (κ1) is 17.3. The molecule has 0 aliphatic carbocycles. The lowest BCUT2D eigenvalue weighted by Gasteiger charge is -2.03.